The minimum absolute atomic E-state index is 0.0215. The lowest BCUT2D eigenvalue weighted by Crippen LogP contribution is -2.17. The number of benzene rings is 5. The molecule has 0 unspecified atom stereocenters. The Hall–Kier alpha value is -0.220. The zero-order chi connectivity index (χ0) is 80.8. The standard InChI is InChI=1S/C12H4Cl6N4.C12H7Cl6N3.C11H3Cl8N3.C11H3Cl6F2N3.C11H5Cl6N3/c1-19-7-4-2-6(3-5-7)8-20-9(11(13,14)15)22-10(21-8)12(16,17)18;1-6-2-4-7(5-3-6)8-19-9(11(13,14)15)21-10(20-8)12(16,17)18;12-4-2-1-3-5(13)6(4)7-20-8(10(14,15)16)22-9(21-7)11(17,18)19;12-10(13,14)8-20-7(21-9(22-8)11(15,16)17)6-4(18)2-1-3-5(6)19;12-10(13,14)8-18-7(6-4-2-1-3-5-6)19-9(20-8)11(15,16)17/h2-5H;2-5H,1H3;2*1-3H;1-5H. The highest BCUT2D eigenvalue weighted by atomic mass is 35.6. The second-order valence-corrected chi connectivity index (χ2v) is 43.2. The molecule has 0 atom stereocenters. The molecular weight excluding hydrogens is 2080 g/mol. The third kappa shape index (κ3) is 29.1. The van der Waals surface area contributed by atoms with Crippen LogP contribution >= 0.6 is 371 Å². The molecule has 107 heavy (non-hydrogen) atoms. The van der Waals surface area contributed by atoms with E-state index in [4.69, 9.17) is 378 Å². The smallest absolute Gasteiger partial charge is 0.238 e. The zero-order valence-electron chi connectivity index (χ0n) is 50.5. The Morgan fingerprint density at radius 3 is 0.710 bits per heavy atom. The lowest BCUT2D eigenvalue weighted by molar-refractivity contribution is 0.586. The Bertz CT molecular complexity index is 4480. The zero-order valence-corrected chi connectivity index (χ0v) is 74.7. The fourth-order valence-electron chi connectivity index (χ4n) is 7.16. The number of halogens is 34. The molecule has 0 aliphatic carbocycles. The van der Waals surface area contributed by atoms with Gasteiger partial charge in [0.2, 0.25) is 37.9 Å². The maximum atomic E-state index is 13.9. The topological polar surface area (TPSA) is 198 Å². The predicted molar refractivity (Wildman–Crippen MR) is 440 cm³/mol. The molecule has 50 heteroatoms. The highest BCUT2D eigenvalue weighted by molar-refractivity contribution is 6.71. The van der Waals surface area contributed by atoms with Crippen molar-refractivity contribution in [1.82, 2.24) is 74.8 Å². The van der Waals surface area contributed by atoms with Gasteiger partial charge in [-0.25, -0.2) is 88.4 Å². The molecule has 568 valence electrons. The van der Waals surface area contributed by atoms with E-state index in [-0.39, 0.29) is 79.9 Å². The summed E-state index contributed by atoms with van der Waals surface area (Å²) in [6.45, 7) is 8.88. The van der Waals surface area contributed by atoms with E-state index in [9.17, 15) is 8.78 Å². The highest BCUT2D eigenvalue weighted by Crippen LogP contribution is 2.47. The molecule has 5 aromatic heterocycles. The summed E-state index contributed by atoms with van der Waals surface area (Å²) in [5.74, 6) is -3.75. The monoisotopic (exact) mass is 2090 g/mol. The second kappa shape index (κ2) is 38.9. The number of aryl methyl sites for hydroxylation is 1. The minimum Gasteiger partial charge on any atom is -0.238 e. The van der Waals surface area contributed by atoms with Crippen LogP contribution in [-0.4, -0.2) is 74.8 Å². The van der Waals surface area contributed by atoms with Gasteiger partial charge in [-0.2, -0.15) is 0 Å². The molecule has 0 saturated carbocycles. The molecule has 0 aliphatic heterocycles. The first kappa shape index (κ1) is 95.6. The molecule has 0 bridgehead atoms. The van der Waals surface area contributed by atoms with Crippen LogP contribution in [0.25, 0.3) is 61.8 Å². The fraction of sp³-hybridized carbons (Fsp3) is 0.193. The minimum atomic E-state index is -2.11. The number of aromatic nitrogens is 15. The first-order valence-electron chi connectivity index (χ1n) is 26.9. The SMILES string of the molecule is Cc1ccc(-c2nc(C(Cl)(Cl)Cl)nc(C(Cl)(Cl)Cl)n2)cc1.ClC(Cl)(Cl)c1nc(-c2ccccc2)nc(C(Cl)(Cl)Cl)n1.Clc1cccc(Cl)c1-c1nc(C(Cl)(Cl)Cl)nc(C(Cl)(Cl)Cl)n1.Fc1cccc(F)c1-c1nc(C(Cl)(Cl)Cl)nc(C(Cl)(Cl)Cl)n1.[C-]#[N+]c1ccc(-c2nc(C(Cl)(Cl)Cl)nc(C(Cl)(Cl)Cl)n2)cc1. The molecule has 5 heterocycles. The maximum Gasteiger partial charge on any atom is 0.250 e. The fourth-order valence-corrected chi connectivity index (χ4v) is 10.3. The van der Waals surface area contributed by atoms with Gasteiger partial charge in [-0.3, -0.25) is 0 Å². The lowest BCUT2D eigenvalue weighted by Gasteiger charge is -2.16. The normalized spacial score (nSPS) is 12.4. The van der Waals surface area contributed by atoms with Gasteiger partial charge in [0.25, 0.3) is 0 Å². The van der Waals surface area contributed by atoms with Crippen LogP contribution in [0.4, 0.5) is 14.5 Å². The lowest BCUT2D eigenvalue weighted by atomic mass is 10.1. The van der Waals surface area contributed by atoms with Crippen molar-refractivity contribution in [1.29, 1.82) is 0 Å². The summed E-state index contributed by atoms with van der Waals surface area (Å²) in [7, 11) is 0. The Balaban J connectivity index is 0.000000209. The van der Waals surface area contributed by atoms with E-state index in [0.717, 1.165) is 17.7 Å². The molecular formula is C57H22Cl32F2N16. The second-order valence-electron chi connectivity index (χ2n) is 19.6. The van der Waals surface area contributed by atoms with E-state index in [0.29, 0.717) is 27.9 Å². The van der Waals surface area contributed by atoms with E-state index < -0.39 is 72.6 Å². The Morgan fingerprint density at radius 1 is 0.252 bits per heavy atom. The molecule has 0 aliphatic rings. The van der Waals surface area contributed by atoms with Gasteiger partial charge in [0.15, 0.2) is 93.1 Å². The van der Waals surface area contributed by atoms with Gasteiger partial charge in [-0.05, 0) is 31.2 Å². The van der Waals surface area contributed by atoms with Crippen molar-refractivity contribution in [3.8, 4) is 56.9 Å². The van der Waals surface area contributed by atoms with Crippen LogP contribution < -0.4 is 0 Å². The summed E-state index contributed by atoms with van der Waals surface area (Å²) in [5, 5.41) is 0.563. The van der Waals surface area contributed by atoms with Crippen molar-refractivity contribution in [3.05, 3.63) is 212 Å². The molecule has 0 N–H and O–H groups in total. The summed E-state index contributed by atoms with van der Waals surface area (Å²) >= 11 is 186. The van der Waals surface area contributed by atoms with Gasteiger partial charge in [-0.1, -0.05) is 468 Å². The molecule has 10 rings (SSSR count). The van der Waals surface area contributed by atoms with E-state index in [2.05, 4.69) is 79.6 Å². The van der Waals surface area contributed by atoms with E-state index in [1.54, 1.807) is 54.6 Å². The maximum absolute atomic E-state index is 13.9. The molecule has 0 saturated heterocycles. The van der Waals surface area contributed by atoms with Crippen molar-refractivity contribution < 1.29 is 8.78 Å². The summed E-state index contributed by atoms with van der Waals surface area (Å²) in [5.41, 5.74) is 3.21. The average molecular weight is 2100 g/mol. The van der Waals surface area contributed by atoms with Crippen molar-refractivity contribution in [2.24, 2.45) is 0 Å². The van der Waals surface area contributed by atoms with Crippen molar-refractivity contribution in [2.45, 2.75) is 44.8 Å². The van der Waals surface area contributed by atoms with E-state index >= 15 is 0 Å². The van der Waals surface area contributed by atoms with Crippen molar-refractivity contribution in [3.63, 3.8) is 0 Å². The van der Waals surface area contributed by atoms with Gasteiger partial charge in [0, 0.05) is 16.7 Å². The average Bonchev–Trinajstić information content (AvgIpc) is 0.805. The van der Waals surface area contributed by atoms with Crippen LogP contribution in [-0.2, 0) is 37.9 Å². The van der Waals surface area contributed by atoms with Gasteiger partial charge in [-0.15, -0.1) is 0 Å². The Labute approximate surface area is 764 Å². The Kier molecular flexibility index (Phi) is 34.8. The number of hydrogen-bond acceptors (Lipinski definition) is 15. The molecule has 0 amide bonds. The summed E-state index contributed by atoms with van der Waals surface area (Å²) in [6, 6.07) is 30.9. The molecule has 0 fully saturated rings. The third-order valence-corrected chi connectivity index (χ3v) is 17.4. The van der Waals surface area contributed by atoms with Crippen molar-refractivity contribution >= 4 is 377 Å². The van der Waals surface area contributed by atoms with Crippen LogP contribution in [0, 0.1) is 25.1 Å². The van der Waals surface area contributed by atoms with E-state index in [1.807, 2.05) is 49.4 Å². The van der Waals surface area contributed by atoms with Gasteiger partial charge in [0.1, 0.15) is 11.6 Å². The third-order valence-electron chi connectivity index (χ3n) is 11.7. The largest absolute Gasteiger partial charge is 0.250 e. The number of nitrogens with zero attached hydrogens (tertiary/aromatic N) is 16. The number of hydrogen-bond donors (Lipinski definition) is 0. The molecule has 0 radical (unpaired) electrons. The van der Waals surface area contributed by atoms with Gasteiger partial charge >= 0.3 is 0 Å². The van der Waals surface area contributed by atoms with E-state index in [1.165, 1.54) is 6.07 Å². The van der Waals surface area contributed by atoms with Crippen molar-refractivity contribution in [2.75, 3.05) is 0 Å². The molecule has 5 aromatic carbocycles. The van der Waals surface area contributed by atoms with Gasteiger partial charge < -0.3 is 0 Å². The summed E-state index contributed by atoms with van der Waals surface area (Å²) < 4.78 is 8.38. The first-order valence-corrected chi connectivity index (χ1v) is 39.0. The van der Waals surface area contributed by atoms with Crippen LogP contribution in [0.5, 0.6) is 0 Å². The molecule has 16 nitrogen and oxygen atoms in total. The number of rotatable bonds is 5. The van der Waals surface area contributed by atoms with Crippen LogP contribution in [0.15, 0.2) is 115 Å². The Morgan fingerprint density at radius 2 is 0.467 bits per heavy atom. The predicted octanol–water partition coefficient (Wildman–Crippen LogP) is 28.4. The highest BCUT2D eigenvalue weighted by Gasteiger charge is 2.40. The number of alkyl halides is 30. The van der Waals surface area contributed by atoms with Crippen LogP contribution in [0.1, 0.15) is 63.8 Å². The van der Waals surface area contributed by atoms with Gasteiger partial charge in [0.05, 0.1) is 27.7 Å². The summed E-state index contributed by atoms with van der Waals surface area (Å²) in [6.07, 6.45) is 0. The van der Waals surface area contributed by atoms with Crippen LogP contribution in [0.3, 0.4) is 0 Å². The summed E-state index contributed by atoms with van der Waals surface area (Å²) in [4.78, 5) is 62.7. The molecule has 0 spiro atoms. The van der Waals surface area contributed by atoms with Crippen LogP contribution in [0.2, 0.25) is 10.0 Å². The first-order chi connectivity index (χ1) is 48.9. The quantitative estimate of drug-likeness (QED) is 0.116. The molecule has 10 aromatic rings.